The number of thiophene rings is 1. The third-order valence-corrected chi connectivity index (χ3v) is 7.00. The van der Waals surface area contributed by atoms with Gasteiger partial charge in [-0.25, -0.2) is 4.98 Å². The highest BCUT2D eigenvalue weighted by molar-refractivity contribution is 7.10. The first-order chi connectivity index (χ1) is 14.8. The molecule has 2 aliphatic heterocycles. The van der Waals surface area contributed by atoms with Crippen molar-refractivity contribution in [2.24, 2.45) is 5.92 Å². The number of fused-ring (bicyclic) bond motifs is 1. The Morgan fingerprint density at radius 3 is 2.83 bits per heavy atom. The third-order valence-electron chi connectivity index (χ3n) is 5.97. The van der Waals surface area contributed by atoms with Crippen LogP contribution in [-0.4, -0.2) is 35.5 Å². The van der Waals surface area contributed by atoms with E-state index >= 15 is 0 Å². The average Bonchev–Trinajstić information content (AvgIpc) is 3.28. The van der Waals surface area contributed by atoms with E-state index in [0.29, 0.717) is 6.54 Å². The van der Waals surface area contributed by atoms with Crippen LogP contribution in [0.15, 0.2) is 54.3 Å². The Bertz CT molecular complexity index is 1000. The number of rotatable bonds is 4. The molecule has 2 aromatic heterocycles. The molecule has 0 saturated carbocycles. The molecule has 0 radical (unpaired) electrons. The van der Waals surface area contributed by atoms with Gasteiger partial charge in [0.15, 0.2) is 0 Å². The Labute approximate surface area is 180 Å². The largest absolute Gasteiger partial charge is 0.367 e. The molecule has 0 aliphatic carbocycles. The Balaban J connectivity index is 1.20. The van der Waals surface area contributed by atoms with Gasteiger partial charge in [-0.05, 0) is 60.5 Å². The van der Waals surface area contributed by atoms with Gasteiger partial charge < -0.3 is 15.1 Å². The van der Waals surface area contributed by atoms with Crippen LogP contribution >= 0.6 is 11.3 Å². The van der Waals surface area contributed by atoms with E-state index in [1.165, 1.54) is 16.1 Å². The van der Waals surface area contributed by atoms with Crippen LogP contribution in [0, 0.1) is 5.92 Å². The fraction of sp³-hybridized carbons (Fsp3) is 0.348. The molecular formula is C23H25N5OS. The lowest BCUT2D eigenvalue weighted by molar-refractivity contribution is -0.120. The summed E-state index contributed by atoms with van der Waals surface area (Å²) in [6.07, 6.45) is 8.12. The maximum atomic E-state index is 12.9. The van der Waals surface area contributed by atoms with E-state index in [0.717, 1.165) is 50.4 Å². The Morgan fingerprint density at radius 2 is 2.00 bits per heavy atom. The van der Waals surface area contributed by atoms with E-state index < -0.39 is 0 Å². The molecule has 154 valence electrons. The monoisotopic (exact) mass is 419 g/mol. The number of hydrogen-bond donors (Lipinski definition) is 1. The highest BCUT2D eigenvalue weighted by atomic mass is 32.1. The highest BCUT2D eigenvalue weighted by Gasteiger charge is 2.26. The molecule has 2 aliphatic rings. The van der Waals surface area contributed by atoms with Gasteiger partial charge in [0.1, 0.15) is 5.82 Å². The Kier molecular flexibility index (Phi) is 5.36. The molecule has 3 aromatic rings. The van der Waals surface area contributed by atoms with Gasteiger partial charge in [0, 0.05) is 54.8 Å². The number of hydrogen-bond acceptors (Lipinski definition) is 6. The summed E-state index contributed by atoms with van der Waals surface area (Å²) >= 11 is 1.86. The maximum absolute atomic E-state index is 12.9. The number of carbonyl (C=O) groups excluding carboxylic acids is 1. The minimum Gasteiger partial charge on any atom is -0.367 e. The predicted molar refractivity (Wildman–Crippen MR) is 121 cm³/mol. The molecule has 1 aromatic carbocycles. The SMILES string of the molecule is O=C(Nc1ccc(N2CCc3sccc3C2)cc1)C1CCCN(c2cnccn2)C1. The molecular weight excluding hydrogens is 394 g/mol. The minimum atomic E-state index is -0.0421. The molecule has 7 heteroatoms. The summed E-state index contributed by atoms with van der Waals surface area (Å²) in [5, 5.41) is 5.29. The van der Waals surface area contributed by atoms with Crippen LogP contribution in [0.25, 0.3) is 0 Å². The number of piperidine rings is 1. The van der Waals surface area contributed by atoms with E-state index in [9.17, 15) is 4.79 Å². The van der Waals surface area contributed by atoms with Crippen molar-refractivity contribution >= 4 is 34.4 Å². The first kappa shape index (κ1) is 19.1. The molecule has 4 heterocycles. The van der Waals surface area contributed by atoms with E-state index in [1.54, 1.807) is 18.6 Å². The van der Waals surface area contributed by atoms with Gasteiger partial charge in [0.25, 0.3) is 0 Å². The summed E-state index contributed by atoms with van der Waals surface area (Å²) in [6.45, 7) is 3.60. The number of amides is 1. The number of benzene rings is 1. The van der Waals surface area contributed by atoms with E-state index in [1.807, 2.05) is 23.5 Å². The predicted octanol–water partition coefficient (Wildman–Crippen LogP) is 3.96. The second kappa shape index (κ2) is 8.44. The molecule has 1 unspecified atom stereocenters. The molecule has 1 atom stereocenters. The van der Waals surface area contributed by atoms with E-state index in [4.69, 9.17) is 0 Å². The number of aromatic nitrogens is 2. The molecule has 1 amide bonds. The third kappa shape index (κ3) is 4.03. The summed E-state index contributed by atoms with van der Waals surface area (Å²) in [4.78, 5) is 27.4. The van der Waals surface area contributed by atoms with Gasteiger partial charge in [-0.3, -0.25) is 9.78 Å². The molecule has 1 fully saturated rings. The average molecular weight is 420 g/mol. The van der Waals surface area contributed by atoms with Crippen molar-refractivity contribution in [3.63, 3.8) is 0 Å². The first-order valence-electron chi connectivity index (χ1n) is 10.5. The summed E-state index contributed by atoms with van der Waals surface area (Å²) in [6, 6.07) is 10.5. The summed E-state index contributed by atoms with van der Waals surface area (Å²) in [5.74, 6) is 0.881. The number of anilines is 3. The molecule has 0 spiro atoms. The molecule has 1 N–H and O–H groups in total. The smallest absolute Gasteiger partial charge is 0.229 e. The zero-order valence-corrected chi connectivity index (χ0v) is 17.6. The van der Waals surface area contributed by atoms with Crippen LogP contribution in [0.2, 0.25) is 0 Å². The van der Waals surface area contributed by atoms with Crippen LogP contribution in [-0.2, 0) is 17.8 Å². The van der Waals surface area contributed by atoms with Crippen LogP contribution < -0.4 is 15.1 Å². The zero-order valence-electron chi connectivity index (χ0n) is 16.8. The van der Waals surface area contributed by atoms with Crippen LogP contribution in [0.4, 0.5) is 17.2 Å². The van der Waals surface area contributed by atoms with Crippen molar-refractivity contribution < 1.29 is 4.79 Å². The molecule has 6 nitrogen and oxygen atoms in total. The summed E-state index contributed by atoms with van der Waals surface area (Å²) < 4.78 is 0. The number of nitrogens with one attached hydrogen (secondary N) is 1. The summed E-state index contributed by atoms with van der Waals surface area (Å²) in [5.41, 5.74) is 3.50. The molecule has 0 bridgehead atoms. The highest BCUT2D eigenvalue weighted by Crippen LogP contribution is 2.29. The second-order valence-electron chi connectivity index (χ2n) is 7.93. The lowest BCUT2D eigenvalue weighted by Crippen LogP contribution is -2.41. The molecule has 30 heavy (non-hydrogen) atoms. The van der Waals surface area contributed by atoms with E-state index in [-0.39, 0.29) is 11.8 Å². The van der Waals surface area contributed by atoms with Crippen molar-refractivity contribution in [2.75, 3.05) is 34.8 Å². The van der Waals surface area contributed by atoms with Crippen molar-refractivity contribution in [1.29, 1.82) is 0 Å². The lowest BCUT2D eigenvalue weighted by Gasteiger charge is -2.32. The van der Waals surface area contributed by atoms with Gasteiger partial charge in [0.2, 0.25) is 5.91 Å². The zero-order chi connectivity index (χ0) is 20.3. The van der Waals surface area contributed by atoms with Crippen molar-refractivity contribution in [1.82, 2.24) is 9.97 Å². The van der Waals surface area contributed by atoms with Crippen LogP contribution in [0.1, 0.15) is 23.3 Å². The van der Waals surface area contributed by atoms with Crippen molar-refractivity contribution in [3.8, 4) is 0 Å². The fourth-order valence-corrected chi connectivity index (χ4v) is 5.21. The first-order valence-corrected chi connectivity index (χ1v) is 11.4. The standard InChI is InChI=1S/C23H25N5OS/c29-23(18-2-1-11-28(16-18)22-14-24-9-10-25-22)26-19-3-5-20(6-4-19)27-12-7-21-17(15-27)8-13-30-21/h3-6,8-10,13-14,18H,1-2,7,11-12,15-16H2,(H,26,29). The second-order valence-corrected chi connectivity index (χ2v) is 8.93. The fourth-order valence-electron chi connectivity index (χ4n) is 4.32. The van der Waals surface area contributed by atoms with Gasteiger partial charge in [-0.2, -0.15) is 0 Å². The molecule has 1 saturated heterocycles. The van der Waals surface area contributed by atoms with Gasteiger partial charge >= 0.3 is 0 Å². The van der Waals surface area contributed by atoms with Crippen molar-refractivity contribution in [2.45, 2.75) is 25.8 Å². The topological polar surface area (TPSA) is 61.4 Å². The Hall–Kier alpha value is -2.93. The quantitative estimate of drug-likeness (QED) is 0.694. The molecule has 5 rings (SSSR count). The van der Waals surface area contributed by atoms with Gasteiger partial charge in [0.05, 0.1) is 12.1 Å². The lowest BCUT2D eigenvalue weighted by atomic mass is 9.97. The normalized spacial score (nSPS) is 18.7. The maximum Gasteiger partial charge on any atom is 0.229 e. The van der Waals surface area contributed by atoms with Gasteiger partial charge in [-0.1, -0.05) is 0 Å². The van der Waals surface area contributed by atoms with E-state index in [2.05, 4.69) is 48.7 Å². The van der Waals surface area contributed by atoms with Crippen LogP contribution in [0.3, 0.4) is 0 Å². The van der Waals surface area contributed by atoms with Gasteiger partial charge in [-0.15, -0.1) is 11.3 Å². The minimum absolute atomic E-state index is 0.0421. The number of carbonyl (C=O) groups is 1. The van der Waals surface area contributed by atoms with Crippen molar-refractivity contribution in [3.05, 3.63) is 64.7 Å². The summed E-state index contributed by atoms with van der Waals surface area (Å²) in [7, 11) is 0. The van der Waals surface area contributed by atoms with Crippen LogP contribution in [0.5, 0.6) is 0 Å². The Morgan fingerprint density at radius 1 is 1.10 bits per heavy atom. The number of nitrogens with zero attached hydrogens (tertiary/aromatic N) is 4.